The Bertz CT molecular complexity index is 1280. The quantitative estimate of drug-likeness (QED) is 0.542. The lowest BCUT2D eigenvalue weighted by molar-refractivity contribution is 0.0789. The topological polar surface area (TPSA) is 90.1 Å². The van der Waals surface area contributed by atoms with E-state index in [2.05, 4.69) is 24.0 Å². The number of rotatable bonds is 6. The lowest BCUT2D eigenvalue weighted by atomic mass is 10.1. The van der Waals surface area contributed by atoms with Gasteiger partial charge in [0.2, 0.25) is 0 Å². The minimum Gasteiger partial charge on any atom is -0.337 e. The van der Waals surface area contributed by atoms with E-state index in [1.807, 2.05) is 36.2 Å². The molecule has 3 aromatic rings. The fourth-order valence-corrected chi connectivity index (χ4v) is 7.29. The number of aromatic nitrogens is 4. The summed E-state index contributed by atoms with van der Waals surface area (Å²) in [5, 5.41) is 10.3. The second-order valence-electron chi connectivity index (χ2n) is 9.30. The summed E-state index contributed by atoms with van der Waals surface area (Å²) >= 11 is 1.49. The van der Waals surface area contributed by atoms with Gasteiger partial charge in [-0.25, -0.2) is 8.42 Å². The Balaban J connectivity index is 1.56. The zero-order chi connectivity index (χ0) is 23.4. The van der Waals surface area contributed by atoms with E-state index in [9.17, 15) is 13.2 Å². The number of sulfone groups is 1. The van der Waals surface area contributed by atoms with Crippen molar-refractivity contribution >= 4 is 37.3 Å². The van der Waals surface area contributed by atoms with Crippen molar-refractivity contribution in [2.75, 3.05) is 18.6 Å². The van der Waals surface area contributed by atoms with Crippen LogP contribution in [0.15, 0.2) is 6.07 Å². The van der Waals surface area contributed by atoms with Crippen molar-refractivity contribution < 1.29 is 13.2 Å². The lowest BCUT2D eigenvalue weighted by Gasteiger charge is -2.17. The smallest absolute Gasteiger partial charge is 0.264 e. The molecule has 1 amide bonds. The molecule has 0 bridgehead atoms. The van der Waals surface area contributed by atoms with Gasteiger partial charge in [0, 0.05) is 36.8 Å². The van der Waals surface area contributed by atoms with Gasteiger partial charge in [-0.3, -0.25) is 14.2 Å². The van der Waals surface area contributed by atoms with Crippen molar-refractivity contribution in [3.05, 3.63) is 33.6 Å². The van der Waals surface area contributed by atoms with Crippen molar-refractivity contribution in [2.45, 2.75) is 60.2 Å². The van der Waals surface area contributed by atoms with Gasteiger partial charge in [-0.2, -0.15) is 10.2 Å². The molecule has 0 N–H and O–H groups in total. The van der Waals surface area contributed by atoms with Gasteiger partial charge in [-0.15, -0.1) is 11.3 Å². The fourth-order valence-electron chi connectivity index (χ4n) is 4.43. The molecular weight excluding hydrogens is 446 g/mol. The van der Waals surface area contributed by atoms with Crippen molar-refractivity contribution in [2.24, 2.45) is 5.92 Å². The fraction of sp³-hybridized carbons (Fsp3) is 0.591. The van der Waals surface area contributed by atoms with Gasteiger partial charge in [-0.1, -0.05) is 13.8 Å². The molecule has 1 aliphatic heterocycles. The first kappa shape index (κ1) is 23.0. The second kappa shape index (κ2) is 8.30. The number of nitrogens with zero attached hydrogens (tertiary/aromatic N) is 5. The molecule has 1 atom stereocenters. The van der Waals surface area contributed by atoms with E-state index >= 15 is 0 Å². The van der Waals surface area contributed by atoms with Crippen LogP contribution < -0.4 is 0 Å². The molecule has 8 nitrogen and oxygen atoms in total. The highest BCUT2D eigenvalue weighted by atomic mass is 32.2. The highest BCUT2D eigenvalue weighted by molar-refractivity contribution is 7.91. The van der Waals surface area contributed by atoms with Gasteiger partial charge in [0.05, 0.1) is 33.8 Å². The van der Waals surface area contributed by atoms with Crippen molar-refractivity contribution in [1.29, 1.82) is 0 Å². The largest absolute Gasteiger partial charge is 0.337 e. The van der Waals surface area contributed by atoms with Crippen LogP contribution in [0.5, 0.6) is 0 Å². The summed E-state index contributed by atoms with van der Waals surface area (Å²) in [5.74, 6) is 0.788. The number of fused-ring (bicyclic) bond motifs is 1. The number of amides is 1. The number of hydrogen-bond donors (Lipinski definition) is 0. The molecular formula is C22H31N5O3S2. The molecule has 174 valence electrons. The summed E-state index contributed by atoms with van der Waals surface area (Å²) in [6, 6.07) is 1.83. The van der Waals surface area contributed by atoms with Crippen LogP contribution in [-0.4, -0.2) is 57.3 Å². The van der Waals surface area contributed by atoms with E-state index in [0.29, 0.717) is 23.8 Å². The highest BCUT2D eigenvalue weighted by Crippen LogP contribution is 2.31. The van der Waals surface area contributed by atoms with Gasteiger partial charge >= 0.3 is 0 Å². The summed E-state index contributed by atoms with van der Waals surface area (Å²) in [5.41, 5.74) is 3.70. The van der Waals surface area contributed by atoms with E-state index in [4.69, 9.17) is 0 Å². The molecule has 0 spiro atoms. The van der Waals surface area contributed by atoms with Crippen molar-refractivity contribution in [1.82, 2.24) is 24.5 Å². The number of thiophene rings is 1. The first-order chi connectivity index (χ1) is 15.0. The molecule has 0 saturated carbocycles. The Morgan fingerprint density at radius 1 is 1.25 bits per heavy atom. The molecule has 3 aromatic heterocycles. The standard InChI is InChI=1S/C22H31N5O3S2/c1-13(2)10-26-22-18(14(3)23-26)9-20(31-22)21(28)25(6)11-19-15(4)24-27(16(19)5)17-7-8-32(29,30)12-17/h9,13,17H,7-8,10-12H2,1-6H3/t17-/m1/s1. The van der Waals surface area contributed by atoms with Crippen LogP contribution in [0.3, 0.4) is 0 Å². The molecule has 10 heteroatoms. The normalized spacial score (nSPS) is 18.2. The first-order valence-electron chi connectivity index (χ1n) is 10.9. The van der Waals surface area contributed by atoms with Gasteiger partial charge in [-0.05, 0) is 39.2 Å². The Hall–Kier alpha value is -2.20. The Morgan fingerprint density at radius 3 is 2.59 bits per heavy atom. The molecule has 4 rings (SSSR count). The average Bonchev–Trinajstić information content (AvgIpc) is 3.42. The molecule has 1 fully saturated rings. The number of carbonyl (C=O) groups is 1. The molecule has 0 aliphatic carbocycles. The zero-order valence-corrected chi connectivity index (χ0v) is 21.2. The second-order valence-corrected chi connectivity index (χ2v) is 12.6. The summed E-state index contributed by atoms with van der Waals surface area (Å²) in [6.45, 7) is 11.4. The molecule has 1 saturated heterocycles. The van der Waals surface area contributed by atoms with Crippen LogP contribution in [0.1, 0.15) is 58.6 Å². The van der Waals surface area contributed by atoms with Crippen LogP contribution in [0.2, 0.25) is 0 Å². The van der Waals surface area contributed by atoms with E-state index in [0.717, 1.165) is 39.4 Å². The third kappa shape index (κ3) is 4.22. The van der Waals surface area contributed by atoms with Crippen LogP contribution >= 0.6 is 11.3 Å². The molecule has 1 aliphatic rings. The van der Waals surface area contributed by atoms with Gasteiger partial charge in [0.1, 0.15) is 4.83 Å². The summed E-state index contributed by atoms with van der Waals surface area (Å²) in [7, 11) is -1.19. The third-order valence-electron chi connectivity index (χ3n) is 6.13. The maximum absolute atomic E-state index is 13.2. The highest BCUT2D eigenvalue weighted by Gasteiger charge is 2.32. The Labute approximate surface area is 193 Å². The van der Waals surface area contributed by atoms with Crippen molar-refractivity contribution in [3.63, 3.8) is 0 Å². The number of hydrogen-bond acceptors (Lipinski definition) is 6. The summed E-state index contributed by atoms with van der Waals surface area (Å²) < 4.78 is 27.7. The average molecular weight is 478 g/mol. The first-order valence-corrected chi connectivity index (χ1v) is 13.6. The third-order valence-corrected chi connectivity index (χ3v) is 9.01. The maximum Gasteiger partial charge on any atom is 0.264 e. The predicted octanol–water partition coefficient (Wildman–Crippen LogP) is 3.51. The number of carbonyl (C=O) groups excluding carboxylic acids is 1. The lowest BCUT2D eigenvalue weighted by Crippen LogP contribution is -2.26. The minimum absolute atomic E-state index is 0.0308. The van der Waals surface area contributed by atoms with Crippen LogP contribution in [0, 0.1) is 26.7 Å². The van der Waals surface area contributed by atoms with Crippen LogP contribution in [0.25, 0.3) is 10.2 Å². The SMILES string of the molecule is Cc1nn([C@@H]2CCS(=O)(=O)C2)c(C)c1CN(C)C(=O)c1cc2c(C)nn(CC(C)C)c2s1. The molecule has 0 unspecified atom stereocenters. The Morgan fingerprint density at radius 2 is 1.97 bits per heavy atom. The van der Waals surface area contributed by atoms with Gasteiger partial charge < -0.3 is 4.90 Å². The molecule has 32 heavy (non-hydrogen) atoms. The van der Waals surface area contributed by atoms with Crippen LogP contribution in [0.4, 0.5) is 0 Å². The van der Waals surface area contributed by atoms with Gasteiger partial charge in [0.15, 0.2) is 9.84 Å². The van der Waals surface area contributed by atoms with Crippen molar-refractivity contribution in [3.8, 4) is 0 Å². The number of aryl methyl sites for hydroxylation is 2. The van der Waals surface area contributed by atoms with Gasteiger partial charge in [0.25, 0.3) is 5.91 Å². The summed E-state index contributed by atoms with van der Waals surface area (Å²) in [6.07, 6.45) is 0.590. The molecule has 4 heterocycles. The monoisotopic (exact) mass is 477 g/mol. The minimum atomic E-state index is -2.99. The van der Waals surface area contributed by atoms with E-state index in [-0.39, 0.29) is 23.5 Å². The Kier molecular flexibility index (Phi) is 5.96. The molecule has 0 aromatic carbocycles. The maximum atomic E-state index is 13.2. The van der Waals surface area contributed by atoms with E-state index in [1.54, 1.807) is 11.9 Å². The van der Waals surface area contributed by atoms with Crippen LogP contribution in [-0.2, 0) is 22.9 Å². The van der Waals surface area contributed by atoms with E-state index < -0.39 is 9.84 Å². The summed E-state index contributed by atoms with van der Waals surface area (Å²) in [4.78, 5) is 16.7. The molecule has 0 radical (unpaired) electrons. The predicted molar refractivity (Wildman–Crippen MR) is 127 cm³/mol. The van der Waals surface area contributed by atoms with E-state index in [1.165, 1.54) is 11.3 Å². The zero-order valence-electron chi connectivity index (χ0n) is 19.5.